The fourth-order valence-electron chi connectivity index (χ4n) is 3.97. The number of rotatable bonds is 6. The summed E-state index contributed by atoms with van der Waals surface area (Å²) in [4.78, 5) is 2.84. The van der Waals surface area contributed by atoms with Gasteiger partial charge >= 0.3 is 0 Å². The molecule has 2 fully saturated rings. The Hall–Kier alpha value is -0.740. The zero-order chi connectivity index (χ0) is 13.5. The number of fused-ring (bicyclic) bond motifs is 1. The van der Waals surface area contributed by atoms with Gasteiger partial charge in [-0.15, -0.1) is 6.42 Å². The number of piperidine rings is 1. The van der Waals surface area contributed by atoms with Crippen LogP contribution in [0.5, 0.6) is 0 Å². The van der Waals surface area contributed by atoms with Crippen LogP contribution < -0.4 is 0 Å². The fourth-order valence-corrected chi connectivity index (χ4v) is 3.97. The molecule has 1 nitrogen and oxygen atoms in total. The maximum Gasteiger partial charge on any atom is 0.0124 e. The zero-order valence-corrected chi connectivity index (χ0v) is 12.5. The molecule has 0 N–H and O–H groups in total. The molecule has 0 saturated carbocycles. The number of unbranched alkanes of at least 4 members (excludes halogenated alkanes) is 3. The van der Waals surface area contributed by atoms with E-state index in [0.717, 1.165) is 24.4 Å². The molecule has 0 radical (unpaired) electrons. The second kappa shape index (κ2) is 7.75. The molecule has 0 spiro atoms. The van der Waals surface area contributed by atoms with Crippen molar-refractivity contribution in [1.82, 2.24) is 4.90 Å². The molecule has 0 aromatic heterocycles. The summed E-state index contributed by atoms with van der Waals surface area (Å²) in [6.45, 7) is 3.82. The molecule has 0 aliphatic carbocycles. The predicted octanol–water partition coefficient (Wildman–Crippen LogP) is 4.39. The number of nitrogens with zero attached hydrogens (tertiary/aromatic N) is 1. The third-order valence-electron chi connectivity index (χ3n) is 5.05. The Bertz CT molecular complexity index is 325. The van der Waals surface area contributed by atoms with Crippen molar-refractivity contribution in [3.8, 4) is 12.3 Å². The molecule has 0 aromatic carbocycles. The third-order valence-corrected chi connectivity index (χ3v) is 5.05. The predicted molar refractivity (Wildman–Crippen MR) is 83.0 cm³/mol. The summed E-state index contributed by atoms with van der Waals surface area (Å²) >= 11 is 0. The Balaban J connectivity index is 1.63. The molecule has 2 rings (SSSR count). The van der Waals surface area contributed by atoms with Crippen molar-refractivity contribution in [2.75, 3.05) is 6.54 Å². The Morgan fingerprint density at radius 1 is 1.21 bits per heavy atom. The lowest BCUT2D eigenvalue weighted by Gasteiger charge is -2.41. The highest BCUT2D eigenvalue weighted by molar-refractivity contribution is 5.08. The quantitative estimate of drug-likeness (QED) is 0.505. The summed E-state index contributed by atoms with van der Waals surface area (Å²) in [7, 11) is 0. The minimum Gasteiger partial charge on any atom is -0.297 e. The highest BCUT2D eigenvalue weighted by atomic mass is 15.2. The molecule has 0 bridgehead atoms. The van der Waals surface area contributed by atoms with Gasteiger partial charge in [0, 0.05) is 12.1 Å². The second-order valence-electron chi connectivity index (χ2n) is 6.36. The first-order chi connectivity index (χ1) is 9.33. The van der Waals surface area contributed by atoms with Crippen LogP contribution in [0.4, 0.5) is 0 Å². The molecule has 106 valence electrons. The first-order valence-electron chi connectivity index (χ1n) is 8.20. The summed E-state index contributed by atoms with van der Waals surface area (Å²) in [5.41, 5.74) is 0. The van der Waals surface area contributed by atoms with Gasteiger partial charge in [-0.05, 0) is 63.5 Å². The van der Waals surface area contributed by atoms with Crippen LogP contribution in [-0.2, 0) is 0 Å². The van der Waals surface area contributed by atoms with E-state index >= 15 is 0 Å². The van der Waals surface area contributed by atoms with Gasteiger partial charge in [0.15, 0.2) is 0 Å². The Kier molecular flexibility index (Phi) is 5.98. The number of terminal acetylenes is 1. The van der Waals surface area contributed by atoms with Crippen molar-refractivity contribution in [1.29, 1.82) is 0 Å². The second-order valence-corrected chi connectivity index (χ2v) is 6.36. The van der Waals surface area contributed by atoms with Crippen LogP contribution in [0.1, 0.15) is 64.7 Å². The van der Waals surface area contributed by atoms with E-state index in [1.165, 1.54) is 57.9 Å². The van der Waals surface area contributed by atoms with Gasteiger partial charge < -0.3 is 0 Å². The first-order valence-corrected chi connectivity index (χ1v) is 8.20. The van der Waals surface area contributed by atoms with Crippen molar-refractivity contribution in [2.24, 2.45) is 5.92 Å². The van der Waals surface area contributed by atoms with E-state index in [1.807, 2.05) is 6.08 Å². The van der Waals surface area contributed by atoms with E-state index in [4.69, 9.17) is 6.42 Å². The van der Waals surface area contributed by atoms with Crippen molar-refractivity contribution >= 4 is 0 Å². The minimum atomic E-state index is 0.893. The topological polar surface area (TPSA) is 3.24 Å². The van der Waals surface area contributed by atoms with Gasteiger partial charge in [0.05, 0.1) is 0 Å². The molecule has 2 aliphatic rings. The minimum absolute atomic E-state index is 0.893. The summed E-state index contributed by atoms with van der Waals surface area (Å²) in [6.07, 6.45) is 21.5. The molecule has 0 aromatic rings. The van der Waals surface area contributed by atoms with Crippen molar-refractivity contribution in [3.63, 3.8) is 0 Å². The Labute approximate surface area is 119 Å². The number of hydrogen-bond acceptors (Lipinski definition) is 1. The average Bonchev–Trinajstić information content (AvgIpc) is 2.90. The Morgan fingerprint density at radius 2 is 2.11 bits per heavy atom. The van der Waals surface area contributed by atoms with Crippen LogP contribution in [0, 0.1) is 18.3 Å². The van der Waals surface area contributed by atoms with Crippen LogP contribution in [0.15, 0.2) is 12.2 Å². The van der Waals surface area contributed by atoms with Gasteiger partial charge in [0.2, 0.25) is 0 Å². The average molecular weight is 259 g/mol. The highest BCUT2D eigenvalue weighted by Crippen LogP contribution is 2.36. The molecule has 2 aliphatic heterocycles. The fraction of sp³-hybridized carbons (Fsp3) is 0.778. The lowest BCUT2D eigenvalue weighted by atomic mass is 9.85. The molecule has 3 unspecified atom stereocenters. The lowest BCUT2D eigenvalue weighted by Crippen LogP contribution is -2.46. The standard InChI is InChI=1S/C18H29N/c1-3-4-5-6-7-8-9-11-17-14-13-16(2)18-12-10-15-19(17)18/h1,4-5,16-18H,6-15H2,2H3/b5-4-. The smallest absolute Gasteiger partial charge is 0.0124 e. The highest BCUT2D eigenvalue weighted by Gasteiger charge is 2.37. The molecule has 2 heterocycles. The summed E-state index contributed by atoms with van der Waals surface area (Å²) in [6, 6.07) is 1.81. The maximum atomic E-state index is 5.19. The lowest BCUT2D eigenvalue weighted by molar-refractivity contribution is 0.0751. The van der Waals surface area contributed by atoms with E-state index in [1.54, 1.807) is 0 Å². The van der Waals surface area contributed by atoms with Crippen LogP contribution in [0.2, 0.25) is 0 Å². The van der Waals surface area contributed by atoms with E-state index < -0.39 is 0 Å². The van der Waals surface area contributed by atoms with Crippen LogP contribution in [-0.4, -0.2) is 23.5 Å². The van der Waals surface area contributed by atoms with E-state index in [2.05, 4.69) is 23.8 Å². The van der Waals surface area contributed by atoms with Crippen molar-refractivity contribution in [2.45, 2.75) is 76.8 Å². The Morgan fingerprint density at radius 3 is 2.95 bits per heavy atom. The summed E-state index contributed by atoms with van der Waals surface area (Å²) in [5.74, 6) is 3.49. The third kappa shape index (κ3) is 4.11. The maximum absolute atomic E-state index is 5.19. The molecular formula is C18H29N. The normalized spacial score (nSPS) is 31.5. The largest absolute Gasteiger partial charge is 0.297 e. The van der Waals surface area contributed by atoms with E-state index in [0.29, 0.717) is 0 Å². The van der Waals surface area contributed by atoms with Gasteiger partial charge in [-0.25, -0.2) is 0 Å². The van der Waals surface area contributed by atoms with Gasteiger partial charge in [-0.2, -0.15) is 0 Å². The van der Waals surface area contributed by atoms with E-state index in [9.17, 15) is 0 Å². The first kappa shape index (κ1) is 14.7. The van der Waals surface area contributed by atoms with Crippen LogP contribution in [0.3, 0.4) is 0 Å². The van der Waals surface area contributed by atoms with Gasteiger partial charge in [-0.1, -0.05) is 31.8 Å². The molecule has 1 heteroatoms. The van der Waals surface area contributed by atoms with E-state index in [-0.39, 0.29) is 0 Å². The summed E-state index contributed by atoms with van der Waals surface area (Å²) in [5, 5.41) is 0. The molecular weight excluding hydrogens is 230 g/mol. The van der Waals surface area contributed by atoms with Gasteiger partial charge in [0.25, 0.3) is 0 Å². The van der Waals surface area contributed by atoms with Gasteiger partial charge in [0.1, 0.15) is 0 Å². The molecule has 3 atom stereocenters. The van der Waals surface area contributed by atoms with Crippen LogP contribution >= 0.6 is 0 Å². The SMILES string of the molecule is C#C/C=C\CCCCCC1CCC(C)C2CCCN12. The van der Waals surface area contributed by atoms with Crippen molar-refractivity contribution in [3.05, 3.63) is 12.2 Å². The number of allylic oxidation sites excluding steroid dienone is 2. The van der Waals surface area contributed by atoms with Crippen LogP contribution in [0.25, 0.3) is 0 Å². The monoisotopic (exact) mass is 259 g/mol. The molecule has 19 heavy (non-hydrogen) atoms. The molecule has 2 saturated heterocycles. The molecule has 0 amide bonds. The number of hydrogen-bond donors (Lipinski definition) is 0. The summed E-state index contributed by atoms with van der Waals surface area (Å²) < 4.78 is 0. The zero-order valence-electron chi connectivity index (χ0n) is 12.5. The van der Waals surface area contributed by atoms with Gasteiger partial charge in [-0.3, -0.25) is 4.90 Å². The van der Waals surface area contributed by atoms with Crippen molar-refractivity contribution < 1.29 is 0 Å².